The van der Waals surface area contributed by atoms with Crippen LogP contribution in [0.5, 0.6) is 0 Å². The molecule has 13 heteroatoms. The van der Waals surface area contributed by atoms with Crippen LogP contribution in [0.4, 0.5) is 19.3 Å². The lowest BCUT2D eigenvalue weighted by Gasteiger charge is -2.36. The molecule has 0 bridgehead atoms. The number of fused-ring (bicyclic) bond motifs is 1. The van der Waals surface area contributed by atoms with E-state index in [-0.39, 0.29) is 17.9 Å². The number of hydrogen-bond acceptors (Lipinski definition) is 7. The van der Waals surface area contributed by atoms with E-state index in [4.69, 9.17) is 9.47 Å². The van der Waals surface area contributed by atoms with E-state index in [1.807, 2.05) is 66.0 Å². The smallest absolute Gasteiger partial charge is 0.410 e. The minimum atomic E-state index is -2.83. The van der Waals surface area contributed by atoms with Gasteiger partial charge in [-0.2, -0.15) is 5.10 Å². The van der Waals surface area contributed by atoms with Crippen molar-refractivity contribution in [2.75, 3.05) is 19.0 Å². The number of alkyl halides is 2. The fourth-order valence-corrected chi connectivity index (χ4v) is 7.65. The predicted molar refractivity (Wildman–Crippen MR) is 191 cm³/mol. The molecular weight excluding hydrogens is 677 g/mol. The number of halogens is 2. The molecule has 5 aromatic rings. The molecule has 2 atom stereocenters. The Morgan fingerprint density at radius 1 is 1.14 bits per heavy atom. The van der Waals surface area contributed by atoms with Crippen molar-refractivity contribution in [1.82, 2.24) is 19.2 Å². The van der Waals surface area contributed by atoms with Crippen molar-refractivity contribution in [2.45, 2.75) is 76.3 Å². The van der Waals surface area contributed by atoms with Crippen LogP contribution in [0.15, 0.2) is 83.2 Å². The van der Waals surface area contributed by atoms with Gasteiger partial charge in [-0.15, -0.1) is 11.3 Å². The molecule has 1 unspecified atom stereocenters. The van der Waals surface area contributed by atoms with Gasteiger partial charge in [0.1, 0.15) is 12.1 Å². The average molecular weight is 716 g/mol. The Balaban J connectivity index is 1.10. The van der Waals surface area contributed by atoms with Crippen LogP contribution in [-0.2, 0) is 27.4 Å². The maximum atomic E-state index is 13.9. The van der Waals surface area contributed by atoms with Crippen LogP contribution in [0, 0.1) is 0 Å². The Morgan fingerprint density at radius 3 is 2.65 bits per heavy atom. The highest BCUT2D eigenvalue weighted by molar-refractivity contribution is 7.10. The van der Waals surface area contributed by atoms with Crippen molar-refractivity contribution in [3.05, 3.63) is 105 Å². The molecule has 0 spiro atoms. The van der Waals surface area contributed by atoms with Crippen molar-refractivity contribution in [2.24, 2.45) is 0 Å². The molecule has 266 valence electrons. The first-order valence-electron chi connectivity index (χ1n) is 17.1. The van der Waals surface area contributed by atoms with Gasteiger partial charge in [0, 0.05) is 50.2 Å². The van der Waals surface area contributed by atoms with Crippen LogP contribution >= 0.6 is 11.3 Å². The Kier molecular flexibility index (Phi) is 9.75. The van der Waals surface area contributed by atoms with Crippen molar-refractivity contribution in [3.8, 4) is 11.1 Å². The van der Waals surface area contributed by atoms with Crippen molar-refractivity contribution in [3.63, 3.8) is 0 Å². The number of pyridine rings is 1. The highest BCUT2D eigenvalue weighted by Crippen LogP contribution is 2.45. The van der Waals surface area contributed by atoms with E-state index < -0.39 is 48.6 Å². The number of anilines is 1. The number of rotatable bonds is 10. The van der Waals surface area contributed by atoms with E-state index in [9.17, 15) is 23.2 Å². The van der Waals surface area contributed by atoms with Gasteiger partial charge in [0.05, 0.1) is 23.2 Å². The average Bonchev–Trinajstić information content (AvgIpc) is 3.80. The predicted octanol–water partition coefficient (Wildman–Crippen LogP) is 8.11. The number of hydrogen-bond donors (Lipinski definition) is 1. The van der Waals surface area contributed by atoms with Crippen LogP contribution in [-0.4, -0.2) is 50.8 Å². The molecule has 1 N–H and O–H groups in total. The molecule has 1 aliphatic heterocycles. The summed E-state index contributed by atoms with van der Waals surface area (Å²) in [7, 11) is 1.69. The quantitative estimate of drug-likeness (QED) is 0.157. The van der Waals surface area contributed by atoms with Crippen molar-refractivity contribution in [1.29, 1.82) is 0 Å². The molecule has 2 fully saturated rings. The molecule has 2 aliphatic rings. The summed E-state index contributed by atoms with van der Waals surface area (Å²) in [5.74, 6) is -3.73. The number of ether oxygens (including phenoxy) is 2. The summed E-state index contributed by atoms with van der Waals surface area (Å²) in [6.07, 6.45) is 3.74. The number of nitrogens with zero attached hydrogens (tertiary/aromatic N) is 4. The second-order valence-corrected chi connectivity index (χ2v) is 14.3. The molecule has 1 saturated heterocycles. The number of carbonyl (C=O) groups is 2. The number of aromatic nitrogens is 3. The van der Waals surface area contributed by atoms with Gasteiger partial charge in [-0.25, -0.2) is 18.3 Å². The molecule has 0 radical (unpaired) electrons. The highest BCUT2D eigenvalue weighted by atomic mass is 32.1. The SMILES string of the molecule is C[C@H](C(=O)Nc1cn(C2CC(F)(F)C2)c(=O)c2cnn(C3CCCCO3)c12)c1cc(-c2ccccc2CN(C)C(=O)OCc2ccccc2)cs1. The molecule has 1 saturated carbocycles. The van der Waals surface area contributed by atoms with Gasteiger partial charge in [-0.05, 0) is 59.9 Å². The lowest BCUT2D eigenvalue weighted by atomic mass is 9.88. The number of benzene rings is 2. The van der Waals surface area contributed by atoms with Gasteiger partial charge in [-0.3, -0.25) is 9.59 Å². The summed E-state index contributed by atoms with van der Waals surface area (Å²) in [5.41, 5.74) is 3.98. The van der Waals surface area contributed by atoms with Gasteiger partial charge in [0.15, 0.2) is 6.23 Å². The molecule has 7 rings (SSSR count). The third-order valence-corrected chi connectivity index (χ3v) is 10.7. The minimum Gasteiger partial charge on any atom is -0.445 e. The molecular formula is C38H39F2N5O5S. The Morgan fingerprint density at radius 2 is 1.90 bits per heavy atom. The van der Waals surface area contributed by atoms with Crippen molar-refractivity contribution < 1.29 is 27.8 Å². The lowest BCUT2D eigenvalue weighted by Crippen LogP contribution is -2.41. The van der Waals surface area contributed by atoms with Crippen LogP contribution in [0.2, 0.25) is 0 Å². The molecule has 1 aliphatic carbocycles. The number of carbonyl (C=O) groups excluding carboxylic acids is 2. The Labute approximate surface area is 297 Å². The first kappa shape index (κ1) is 34.6. The van der Waals surface area contributed by atoms with Gasteiger partial charge in [0.2, 0.25) is 5.91 Å². The van der Waals surface area contributed by atoms with E-state index in [0.29, 0.717) is 30.8 Å². The van der Waals surface area contributed by atoms with E-state index >= 15 is 0 Å². The zero-order chi connectivity index (χ0) is 35.7. The number of nitrogens with one attached hydrogen (secondary N) is 1. The minimum absolute atomic E-state index is 0.180. The van der Waals surface area contributed by atoms with E-state index in [2.05, 4.69) is 10.4 Å². The maximum absolute atomic E-state index is 13.9. The molecule has 4 heterocycles. The van der Waals surface area contributed by atoms with Crippen LogP contribution in [0.1, 0.15) is 73.2 Å². The third-order valence-electron chi connectivity index (χ3n) is 9.62. The van der Waals surface area contributed by atoms with E-state index in [0.717, 1.165) is 40.0 Å². The molecule has 51 heavy (non-hydrogen) atoms. The summed E-state index contributed by atoms with van der Waals surface area (Å²) in [4.78, 5) is 42.5. The van der Waals surface area contributed by atoms with Gasteiger partial charge in [-0.1, -0.05) is 54.6 Å². The maximum Gasteiger partial charge on any atom is 0.410 e. The first-order chi connectivity index (χ1) is 24.6. The topological polar surface area (TPSA) is 108 Å². The van der Waals surface area contributed by atoms with Crippen LogP contribution < -0.4 is 10.9 Å². The number of amides is 2. The fraction of sp³-hybridized carbons (Fsp3) is 0.368. The third kappa shape index (κ3) is 7.31. The van der Waals surface area contributed by atoms with Gasteiger partial charge >= 0.3 is 6.09 Å². The summed E-state index contributed by atoms with van der Waals surface area (Å²) in [6, 6.07) is 18.6. The summed E-state index contributed by atoms with van der Waals surface area (Å²) < 4.78 is 42.1. The standard InChI is InChI=1S/C38H39F2N5O5S/c1-24(32-16-27(23-51-32)29-13-7-6-12-26(29)20-43(2)37(48)50-22-25-10-4-3-5-11-25)35(46)42-31-21-44(28-17-38(39,40)18-28)36(47)30-19-41-45(34(30)31)33-14-8-9-15-49-33/h3-7,10-13,16,19,21,23-24,28,33H,8-9,14-15,17-18,20,22H2,1-2H3,(H,42,46)/t24-,33?/m0/s1. The molecule has 10 nitrogen and oxygen atoms in total. The fourth-order valence-electron chi connectivity index (χ4n) is 6.69. The Hall–Kier alpha value is -4.88. The molecule has 3 aromatic heterocycles. The molecule has 2 amide bonds. The largest absolute Gasteiger partial charge is 0.445 e. The highest BCUT2D eigenvalue weighted by Gasteiger charge is 2.47. The summed E-state index contributed by atoms with van der Waals surface area (Å²) in [6.45, 7) is 2.85. The normalized spacial score (nSPS) is 17.8. The second kappa shape index (κ2) is 14.4. The Bertz CT molecular complexity index is 2100. The van der Waals surface area contributed by atoms with Crippen molar-refractivity contribution >= 4 is 39.9 Å². The molecule has 2 aromatic carbocycles. The summed E-state index contributed by atoms with van der Waals surface area (Å²) in [5, 5.41) is 9.71. The second-order valence-electron chi connectivity index (χ2n) is 13.3. The lowest BCUT2D eigenvalue weighted by molar-refractivity contribution is -0.117. The zero-order valence-electron chi connectivity index (χ0n) is 28.4. The van der Waals surface area contributed by atoms with Crippen LogP contribution in [0.25, 0.3) is 22.0 Å². The van der Waals surface area contributed by atoms with E-state index in [1.54, 1.807) is 18.7 Å². The first-order valence-corrected chi connectivity index (χ1v) is 18.0. The van der Waals surface area contributed by atoms with E-state index in [1.165, 1.54) is 33.2 Å². The van der Waals surface area contributed by atoms with Gasteiger partial charge < -0.3 is 24.3 Å². The zero-order valence-corrected chi connectivity index (χ0v) is 29.2. The number of thiophene rings is 1. The van der Waals surface area contributed by atoms with Crippen LogP contribution in [0.3, 0.4) is 0 Å². The summed E-state index contributed by atoms with van der Waals surface area (Å²) >= 11 is 1.44. The van der Waals surface area contributed by atoms with Gasteiger partial charge in [0.25, 0.3) is 11.5 Å². The monoisotopic (exact) mass is 715 g/mol.